The topological polar surface area (TPSA) is 67.5 Å². The Morgan fingerprint density at radius 1 is 1.27 bits per heavy atom. The number of fused-ring (bicyclic) bond motifs is 3. The van der Waals surface area contributed by atoms with Crippen LogP contribution < -0.4 is 5.63 Å². The van der Waals surface area contributed by atoms with Gasteiger partial charge in [-0.3, -0.25) is 4.79 Å². The van der Waals surface area contributed by atoms with E-state index in [1.54, 1.807) is 18.2 Å². The number of aromatic hydroxyl groups is 1. The highest BCUT2D eigenvalue weighted by Crippen LogP contribution is 2.36. The van der Waals surface area contributed by atoms with Gasteiger partial charge in [0.25, 0.3) is 5.78 Å². The van der Waals surface area contributed by atoms with Gasteiger partial charge in [0.15, 0.2) is 5.56 Å². The highest BCUT2D eigenvalue weighted by Gasteiger charge is 2.43. The Kier molecular flexibility index (Phi) is 3.09. The van der Waals surface area contributed by atoms with Crippen molar-refractivity contribution in [3.63, 3.8) is 0 Å². The molecule has 0 bridgehead atoms. The van der Waals surface area contributed by atoms with E-state index in [0.29, 0.717) is 12.0 Å². The third kappa shape index (κ3) is 2.09. The summed E-state index contributed by atoms with van der Waals surface area (Å²) >= 11 is 0. The van der Waals surface area contributed by atoms with Gasteiger partial charge in [-0.25, -0.2) is 4.79 Å². The Hall–Kier alpha value is -2.57. The fraction of sp³-hybridized carbons (Fsp3) is 0.200. The molecule has 3 rings (SSSR count). The third-order valence-electron chi connectivity index (χ3n) is 3.53. The molecule has 0 saturated heterocycles. The number of halogens is 3. The molecule has 0 spiro atoms. The summed E-state index contributed by atoms with van der Waals surface area (Å²) in [6.45, 7) is 0. The van der Waals surface area contributed by atoms with Crippen LogP contribution in [0.4, 0.5) is 13.2 Å². The van der Waals surface area contributed by atoms with Gasteiger partial charge < -0.3 is 9.52 Å². The monoisotopic (exact) mass is 310 g/mol. The lowest BCUT2D eigenvalue weighted by molar-refractivity contribution is -0.0888. The number of Topliss-reactive ketones (excluding diaryl/α,β-unsaturated/α-hetero) is 1. The van der Waals surface area contributed by atoms with Crippen molar-refractivity contribution >= 4 is 22.8 Å². The second kappa shape index (κ2) is 4.72. The van der Waals surface area contributed by atoms with Gasteiger partial charge in [0.2, 0.25) is 0 Å². The fourth-order valence-corrected chi connectivity index (χ4v) is 2.53. The van der Waals surface area contributed by atoms with E-state index >= 15 is 0 Å². The van der Waals surface area contributed by atoms with Crippen LogP contribution in [0.1, 0.15) is 27.9 Å². The number of alkyl halides is 3. The van der Waals surface area contributed by atoms with E-state index in [1.165, 1.54) is 6.07 Å². The molecule has 1 N–H and O–H groups in total. The molecule has 0 saturated carbocycles. The predicted octanol–water partition coefficient (Wildman–Crippen LogP) is 3.20. The standard InChI is InChI=1S/C15H9F3O4/c16-15(17,18)13(20)11-12(19)10-8-4-2-1-3-7(8)5-6-9(10)22-14(11)21/h2,4-6,19H,1,3H2. The van der Waals surface area contributed by atoms with Crippen molar-refractivity contribution in [2.24, 2.45) is 0 Å². The van der Waals surface area contributed by atoms with Gasteiger partial charge in [-0.2, -0.15) is 13.2 Å². The minimum Gasteiger partial charge on any atom is -0.506 e. The molecule has 1 aromatic heterocycles. The van der Waals surface area contributed by atoms with E-state index in [-0.39, 0.29) is 11.0 Å². The quantitative estimate of drug-likeness (QED) is 0.649. The number of carbonyl (C=O) groups is 1. The molecular formula is C15H9F3O4. The first-order valence-electron chi connectivity index (χ1n) is 6.40. The molecule has 0 fully saturated rings. The van der Waals surface area contributed by atoms with Crippen molar-refractivity contribution in [1.29, 1.82) is 0 Å². The largest absolute Gasteiger partial charge is 0.506 e. The van der Waals surface area contributed by atoms with Crippen LogP contribution in [0.5, 0.6) is 5.75 Å². The van der Waals surface area contributed by atoms with Crippen LogP contribution >= 0.6 is 0 Å². The second-order valence-corrected chi connectivity index (χ2v) is 4.89. The number of allylic oxidation sites excluding steroid dienone is 1. The third-order valence-corrected chi connectivity index (χ3v) is 3.53. The SMILES string of the molecule is O=C(c1c(O)c2c3c(ccc2oc1=O)CCC=C3)C(F)(F)F. The van der Waals surface area contributed by atoms with Gasteiger partial charge in [-0.1, -0.05) is 18.2 Å². The van der Waals surface area contributed by atoms with Crippen LogP contribution in [0, 0.1) is 0 Å². The van der Waals surface area contributed by atoms with Gasteiger partial charge in [-0.15, -0.1) is 0 Å². The summed E-state index contributed by atoms with van der Waals surface area (Å²) in [4.78, 5) is 23.0. The Bertz CT molecular complexity index is 875. The zero-order valence-electron chi connectivity index (χ0n) is 11.0. The molecule has 0 radical (unpaired) electrons. The van der Waals surface area contributed by atoms with Crippen LogP contribution in [0.3, 0.4) is 0 Å². The predicted molar refractivity (Wildman–Crippen MR) is 71.9 cm³/mol. The number of hydrogen-bond donors (Lipinski definition) is 1. The zero-order valence-corrected chi connectivity index (χ0v) is 11.0. The fourth-order valence-electron chi connectivity index (χ4n) is 2.53. The summed E-state index contributed by atoms with van der Waals surface area (Å²) in [5, 5.41) is 10.1. The maximum absolute atomic E-state index is 12.6. The smallest absolute Gasteiger partial charge is 0.455 e. The lowest BCUT2D eigenvalue weighted by atomic mass is 9.93. The highest BCUT2D eigenvalue weighted by molar-refractivity contribution is 6.07. The molecule has 1 aliphatic carbocycles. The molecule has 0 amide bonds. The molecule has 4 nitrogen and oxygen atoms in total. The summed E-state index contributed by atoms with van der Waals surface area (Å²) in [5.41, 5.74) is -1.70. The summed E-state index contributed by atoms with van der Waals surface area (Å²) in [5.74, 6) is -3.41. The molecular weight excluding hydrogens is 301 g/mol. The summed E-state index contributed by atoms with van der Waals surface area (Å²) in [6, 6.07) is 3.07. The van der Waals surface area contributed by atoms with Gasteiger partial charge in [0, 0.05) is 0 Å². The maximum Gasteiger partial charge on any atom is 0.455 e. The van der Waals surface area contributed by atoms with E-state index < -0.39 is 28.9 Å². The van der Waals surface area contributed by atoms with Crippen LogP contribution in [-0.2, 0) is 6.42 Å². The Balaban J connectivity index is 2.40. The average Bonchev–Trinajstić information content (AvgIpc) is 2.45. The molecule has 0 atom stereocenters. The van der Waals surface area contributed by atoms with Gasteiger partial charge >= 0.3 is 11.8 Å². The average molecular weight is 310 g/mol. The lowest BCUT2D eigenvalue weighted by Gasteiger charge is -2.14. The van der Waals surface area contributed by atoms with Crippen molar-refractivity contribution in [1.82, 2.24) is 0 Å². The number of hydrogen-bond acceptors (Lipinski definition) is 4. The first kappa shape index (κ1) is 14.4. The van der Waals surface area contributed by atoms with Gasteiger partial charge in [-0.05, 0) is 30.0 Å². The number of rotatable bonds is 1. The maximum atomic E-state index is 12.6. The summed E-state index contributed by atoms with van der Waals surface area (Å²) < 4.78 is 42.5. The molecule has 22 heavy (non-hydrogen) atoms. The van der Waals surface area contributed by atoms with Crippen molar-refractivity contribution in [3.05, 3.63) is 45.3 Å². The molecule has 1 aromatic carbocycles. The van der Waals surface area contributed by atoms with Crippen molar-refractivity contribution < 1.29 is 27.5 Å². The number of carbonyl (C=O) groups excluding carboxylic acids is 1. The Morgan fingerprint density at radius 2 is 2.00 bits per heavy atom. The van der Waals surface area contributed by atoms with Crippen LogP contribution in [0.2, 0.25) is 0 Å². The molecule has 0 aliphatic heterocycles. The van der Waals surface area contributed by atoms with Crippen molar-refractivity contribution in [2.45, 2.75) is 19.0 Å². The van der Waals surface area contributed by atoms with Crippen LogP contribution in [0.15, 0.2) is 27.4 Å². The number of ketones is 1. The minimum atomic E-state index is -5.27. The molecule has 1 aliphatic rings. The van der Waals surface area contributed by atoms with E-state index in [9.17, 15) is 27.9 Å². The first-order valence-corrected chi connectivity index (χ1v) is 6.40. The molecule has 1 heterocycles. The van der Waals surface area contributed by atoms with Crippen molar-refractivity contribution in [2.75, 3.05) is 0 Å². The number of benzene rings is 1. The Labute approximate surface area is 121 Å². The minimum absolute atomic E-state index is 0.0550. The van der Waals surface area contributed by atoms with E-state index in [1.807, 2.05) is 0 Å². The van der Waals surface area contributed by atoms with Crippen molar-refractivity contribution in [3.8, 4) is 5.75 Å². The van der Waals surface area contributed by atoms with Gasteiger partial charge in [0.1, 0.15) is 11.3 Å². The summed E-state index contributed by atoms with van der Waals surface area (Å²) in [6.07, 6.45) is -0.460. The van der Waals surface area contributed by atoms with E-state index in [2.05, 4.69) is 0 Å². The normalized spacial score (nSPS) is 14.1. The zero-order chi connectivity index (χ0) is 16.1. The van der Waals surface area contributed by atoms with E-state index in [0.717, 1.165) is 12.0 Å². The molecule has 7 heteroatoms. The molecule has 2 aromatic rings. The van der Waals surface area contributed by atoms with Crippen LogP contribution in [-0.4, -0.2) is 17.1 Å². The lowest BCUT2D eigenvalue weighted by Crippen LogP contribution is -2.28. The first-order chi connectivity index (χ1) is 10.3. The van der Waals surface area contributed by atoms with Gasteiger partial charge in [0.05, 0.1) is 5.39 Å². The highest BCUT2D eigenvalue weighted by atomic mass is 19.4. The van der Waals surface area contributed by atoms with E-state index in [4.69, 9.17) is 4.42 Å². The Morgan fingerprint density at radius 3 is 2.68 bits per heavy atom. The molecule has 114 valence electrons. The summed E-state index contributed by atoms with van der Waals surface area (Å²) in [7, 11) is 0. The number of aryl methyl sites for hydroxylation is 1. The van der Waals surface area contributed by atoms with Crippen LogP contribution in [0.25, 0.3) is 17.0 Å². The second-order valence-electron chi connectivity index (χ2n) is 4.89. The molecule has 0 unspecified atom stereocenters.